The minimum atomic E-state index is 0.468. The van der Waals surface area contributed by atoms with Crippen LogP contribution in [0.3, 0.4) is 0 Å². The summed E-state index contributed by atoms with van der Waals surface area (Å²) < 4.78 is 1.86. The number of nitrogens with zero attached hydrogens (tertiary/aromatic N) is 2. The molecule has 0 aromatic carbocycles. The Balaban J connectivity index is 2.64. The lowest BCUT2D eigenvalue weighted by atomic mass is 10.3. The Labute approximate surface area is 96.5 Å². The van der Waals surface area contributed by atoms with Gasteiger partial charge in [-0.15, -0.1) is 11.3 Å². The van der Waals surface area contributed by atoms with E-state index in [1.807, 2.05) is 24.5 Å². The van der Waals surface area contributed by atoms with Crippen molar-refractivity contribution >= 4 is 22.9 Å². The zero-order valence-corrected chi connectivity index (χ0v) is 9.99. The second kappa shape index (κ2) is 3.79. The minimum Gasteiger partial charge on any atom is -0.288 e. The fourth-order valence-electron chi connectivity index (χ4n) is 1.39. The molecule has 0 atom stereocenters. The molecule has 2 heterocycles. The standard InChI is InChI=1S/C10H10ClN3S/c1-6-7(2)15-10(12)14(6)8-3-4-9(11)13-5-8/h3-5,12H,1-2H3. The van der Waals surface area contributed by atoms with Crippen LogP contribution in [0, 0.1) is 19.3 Å². The normalized spacial score (nSPS) is 10.6. The summed E-state index contributed by atoms with van der Waals surface area (Å²) in [5.41, 5.74) is 1.96. The third-order valence-electron chi connectivity index (χ3n) is 2.27. The van der Waals surface area contributed by atoms with E-state index in [0.29, 0.717) is 9.95 Å². The molecule has 2 aromatic rings. The molecule has 0 aliphatic rings. The Kier molecular flexibility index (Phi) is 2.63. The highest BCUT2D eigenvalue weighted by Gasteiger charge is 2.07. The van der Waals surface area contributed by atoms with E-state index in [2.05, 4.69) is 4.98 Å². The maximum absolute atomic E-state index is 7.84. The van der Waals surface area contributed by atoms with Crippen molar-refractivity contribution in [3.05, 3.63) is 38.9 Å². The summed E-state index contributed by atoms with van der Waals surface area (Å²) in [6.07, 6.45) is 1.68. The van der Waals surface area contributed by atoms with Crippen molar-refractivity contribution in [3.63, 3.8) is 0 Å². The molecule has 15 heavy (non-hydrogen) atoms. The Morgan fingerprint density at radius 1 is 1.40 bits per heavy atom. The van der Waals surface area contributed by atoms with Gasteiger partial charge < -0.3 is 0 Å². The minimum absolute atomic E-state index is 0.468. The van der Waals surface area contributed by atoms with Crippen molar-refractivity contribution < 1.29 is 0 Å². The smallest absolute Gasteiger partial charge is 0.187 e. The fraction of sp³-hybridized carbons (Fsp3) is 0.200. The van der Waals surface area contributed by atoms with E-state index in [4.69, 9.17) is 17.0 Å². The number of rotatable bonds is 1. The summed E-state index contributed by atoms with van der Waals surface area (Å²) >= 11 is 7.18. The molecule has 3 nitrogen and oxygen atoms in total. The molecule has 0 amide bonds. The molecule has 5 heteroatoms. The average molecular weight is 240 g/mol. The van der Waals surface area contributed by atoms with Gasteiger partial charge in [0.15, 0.2) is 4.80 Å². The van der Waals surface area contributed by atoms with Crippen LogP contribution < -0.4 is 4.80 Å². The van der Waals surface area contributed by atoms with E-state index in [1.54, 1.807) is 12.3 Å². The van der Waals surface area contributed by atoms with Crippen LogP contribution in [0.5, 0.6) is 0 Å². The Bertz CT molecular complexity index is 539. The summed E-state index contributed by atoms with van der Waals surface area (Å²) in [6.45, 7) is 4.01. The first-order chi connectivity index (χ1) is 7.09. The van der Waals surface area contributed by atoms with Gasteiger partial charge in [-0.3, -0.25) is 9.98 Å². The molecule has 0 aliphatic heterocycles. The van der Waals surface area contributed by atoms with E-state index in [0.717, 1.165) is 16.3 Å². The summed E-state index contributed by atoms with van der Waals surface area (Å²) in [4.78, 5) is 5.67. The number of halogens is 1. The highest BCUT2D eigenvalue weighted by Crippen LogP contribution is 2.15. The highest BCUT2D eigenvalue weighted by molar-refractivity contribution is 7.09. The van der Waals surface area contributed by atoms with Crippen LogP contribution >= 0.6 is 22.9 Å². The highest BCUT2D eigenvalue weighted by atomic mass is 35.5. The van der Waals surface area contributed by atoms with Crippen molar-refractivity contribution in [1.29, 1.82) is 5.41 Å². The van der Waals surface area contributed by atoms with Crippen LogP contribution in [0.15, 0.2) is 18.3 Å². The summed E-state index contributed by atoms with van der Waals surface area (Å²) in [6, 6.07) is 3.60. The SMILES string of the molecule is Cc1sc(=N)n(-c2ccc(Cl)nc2)c1C. The van der Waals surface area contributed by atoms with E-state index < -0.39 is 0 Å². The maximum atomic E-state index is 7.84. The second-order valence-electron chi connectivity index (χ2n) is 3.22. The van der Waals surface area contributed by atoms with Crippen LogP contribution in [0.2, 0.25) is 5.15 Å². The number of hydrogen-bond donors (Lipinski definition) is 1. The molecule has 0 saturated heterocycles. The zero-order chi connectivity index (χ0) is 11.0. The molecule has 0 bridgehead atoms. The second-order valence-corrected chi connectivity index (χ2v) is 4.81. The van der Waals surface area contributed by atoms with Gasteiger partial charge in [0.05, 0.1) is 11.9 Å². The Morgan fingerprint density at radius 2 is 2.13 bits per heavy atom. The first-order valence-corrected chi connectivity index (χ1v) is 5.64. The van der Waals surface area contributed by atoms with Crippen LogP contribution in [-0.4, -0.2) is 9.55 Å². The lowest BCUT2D eigenvalue weighted by molar-refractivity contribution is 0.920. The van der Waals surface area contributed by atoms with Crippen molar-refractivity contribution in [1.82, 2.24) is 9.55 Å². The number of hydrogen-bond acceptors (Lipinski definition) is 3. The molecule has 78 valence electrons. The monoisotopic (exact) mass is 239 g/mol. The van der Waals surface area contributed by atoms with Gasteiger partial charge in [-0.1, -0.05) is 11.6 Å². The predicted octanol–water partition coefficient (Wildman–Crippen LogP) is 2.68. The third kappa shape index (κ3) is 1.82. The van der Waals surface area contributed by atoms with E-state index >= 15 is 0 Å². The molecule has 0 fully saturated rings. The van der Waals surface area contributed by atoms with Crippen LogP contribution in [0.4, 0.5) is 0 Å². The first kappa shape index (κ1) is 10.4. The summed E-state index contributed by atoms with van der Waals surface area (Å²) in [7, 11) is 0. The van der Waals surface area contributed by atoms with Gasteiger partial charge in [-0.25, -0.2) is 4.98 Å². The summed E-state index contributed by atoms with van der Waals surface area (Å²) in [5.74, 6) is 0. The number of aromatic nitrogens is 2. The van der Waals surface area contributed by atoms with Crippen LogP contribution in [-0.2, 0) is 0 Å². The van der Waals surface area contributed by atoms with Gasteiger partial charge in [-0.2, -0.15) is 0 Å². The van der Waals surface area contributed by atoms with Crippen molar-refractivity contribution in [3.8, 4) is 5.69 Å². The first-order valence-electron chi connectivity index (χ1n) is 4.45. The maximum Gasteiger partial charge on any atom is 0.187 e. The lowest BCUT2D eigenvalue weighted by Crippen LogP contribution is -2.12. The molecule has 0 radical (unpaired) electrons. The molecular formula is C10H10ClN3S. The topological polar surface area (TPSA) is 41.7 Å². The number of aryl methyl sites for hydroxylation is 1. The van der Waals surface area contributed by atoms with Crippen LogP contribution in [0.25, 0.3) is 5.69 Å². The van der Waals surface area contributed by atoms with Gasteiger partial charge in [0.1, 0.15) is 5.15 Å². The number of pyridine rings is 1. The van der Waals surface area contributed by atoms with Crippen LogP contribution in [0.1, 0.15) is 10.6 Å². The van der Waals surface area contributed by atoms with E-state index in [-0.39, 0.29) is 0 Å². The largest absolute Gasteiger partial charge is 0.288 e. The Hall–Kier alpha value is -1.13. The predicted molar refractivity (Wildman–Crippen MR) is 61.8 cm³/mol. The molecule has 2 aromatic heterocycles. The molecule has 1 N–H and O–H groups in total. The van der Waals surface area contributed by atoms with E-state index in [1.165, 1.54) is 11.3 Å². The van der Waals surface area contributed by atoms with Crippen molar-refractivity contribution in [2.45, 2.75) is 13.8 Å². The zero-order valence-electron chi connectivity index (χ0n) is 8.41. The van der Waals surface area contributed by atoms with E-state index in [9.17, 15) is 0 Å². The molecule has 0 unspecified atom stereocenters. The quantitative estimate of drug-likeness (QED) is 0.764. The molecule has 2 rings (SSSR count). The van der Waals surface area contributed by atoms with Gasteiger partial charge in [0, 0.05) is 10.6 Å². The fourth-order valence-corrected chi connectivity index (χ4v) is 2.36. The molecule has 0 aliphatic carbocycles. The van der Waals surface area contributed by atoms with Gasteiger partial charge in [0.2, 0.25) is 0 Å². The van der Waals surface area contributed by atoms with Gasteiger partial charge in [-0.05, 0) is 26.0 Å². The Morgan fingerprint density at radius 3 is 2.60 bits per heavy atom. The van der Waals surface area contributed by atoms with Crippen molar-refractivity contribution in [2.24, 2.45) is 0 Å². The van der Waals surface area contributed by atoms with Crippen molar-refractivity contribution in [2.75, 3.05) is 0 Å². The average Bonchev–Trinajstić information content (AvgIpc) is 2.44. The molecule has 0 spiro atoms. The molecule has 0 saturated carbocycles. The van der Waals surface area contributed by atoms with Gasteiger partial charge in [0.25, 0.3) is 0 Å². The van der Waals surface area contributed by atoms with Gasteiger partial charge >= 0.3 is 0 Å². The lowest BCUT2D eigenvalue weighted by Gasteiger charge is -2.04. The molecular weight excluding hydrogens is 230 g/mol. The number of thiazole rings is 1. The number of nitrogens with one attached hydrogen (secondary N) is 1. The third-order valence-corrected chi connectivity index (χ3v) is 3.47. The summed E-state index contributed by atoms with van der Waals surface area (Å²) in [5, 5.41) is 8.31.